The lowest BCUT2D eigenvalue weighted by atomic mass is 9.50. The number of hydrogen-bond acceptors (Lipinski definition) is 6. The lowest BCUT2D eigenvalue weighted by Gasteiger charge is -2.59. The van der Waals surface area contributed by atoms with Gasteiger partial charge in [0.05, 0.1) is 18.1 Å². The number of ether oxygens (including phenoxy) is 2. The van der Waals surface area contributed by atoms with Crippen LogP contribution in [0.2, 0.25) is 0 Å². The average Bonchev–Trinajstić information content (AvgIpc) is 2.57. The van der Waals surface area contributed by atoms with Gasteiger partial charge in [0.15, 0.2) is 9.84 Å². The Morgan fingerprint density at radius 1 is 1.04 bits per heavy atom. The maximum atomic E-state index is 12.3. The summed E-state index contributed by atoms with van der Waals surface area (Å²) in [5, 5.41) is 0. The van der Waals surface area contributed by atoms with Gasteiger partial charge >= 0.3 is 5.97 Å². The molecule has 4 saturated carbocycles. The van der Waals surface area contributed by atoms with Crippen molar-refractivity contribution in [1.82, 2.24) is 4.90 Å². The monoisotopic (exact) mass is 385 g/mol. The van der Waals surface area contributed by atoms with Gasteiger partial charge in [0, 0.05) is 19.6 Å². The molecule has 1 aliphatic heterocycles. The van der Waals surface area contributed by atoms with Crippen LogP contribution in [0.5, 0.6) is 0 Å². The molecule has 26 heavy (non-hydrogen) atoms. The third-order valence-electron chi connectivity index (χ3n) is 7.30. The van der Waals surface area contributed by atoms with E-state index in [9.17, 15) is 13.2 Å². The smallest absolute Gasteiger partial charge is 0.332 e. The molecule has 0 radical (unpaired) electrons. The molecule has 0 N–H and O–H groups in total. The third-order valence-corrected chi connectivity index (χ3v) is 8.91. The molecule has 5 aliphatic rings. The second-order valence-corrected chi connectivity index (χ2v) is 11.3. The van der Waals surface area contributed by atoms with E-state index in [1.54, 1.807) is 0 Å². The first-order chi connectivity index (χ1) is 12.3. The highest BCUT2D eigenvalue weighted by atomic mass is 32.2. The van der Waals surface area contributed by atoms with Gasteiger partial charge in [0.1, 0.15) is 12.2 Å². The van der Waals surface area contributed by atoms with Crippen LogP contribution in [0.1, 0.15) is 39.0 Å². The van der Waals surface area contributed by atoms with Crippen molar-refractivity contribution in [3.8, 4) is 0 Å². The van der Waals surface area contributed by atoms with Crippen molar-refractivity contribution in [2.45, 2.75) is 44.6 Å². The summed E-state index contributed by atoms with van der Waals surface area (Å²) in [6, 6.07) is 0. The minimum absolute atomic E-state index is 0.00593. The quantitative estimate of drug-likeness (QED) is 0.510. The van der Waals surface area contributed by atoms with Crippen molar-refractivity contribution in [2.75, 3.05) is 44.4 Å². The lowest BCUT2D eigenvalue weighted by Crippen LogP contribution is -2.58. The van der Waals surface area contributed by atoms with Crippen LogP contribution < -0.4 is 0 Å². The van der Waals surface area contributed by atoms with Crippen molar-refractivity contribution in [3.63, 3.8) is 0 Å². The van der Waals surface area contributed by atoms with E-state index < -0.39 is 9.84 Å². The Labute approximate surface area is 156 Å². The van der Waals surface area contributed by atoms with E-state index in [0.29, 0.717) is 38.1 Å². The minimum atomic E-state index is -2.85. The molecule has 148 valence electrons. The number of hydrogen-bond donors (Lipinski definition) is 0. The Kier molecular flexibility index (Phi) is 5.07. The first kappa shape index (κ1) is 18.7. The summed E-state index contributed by atoms with van der Waals surface area (Å²) in [7, 11) is -2.85. The molecule has 4 bridgehead atoms. The van der Waals surface area contributed by atoms with E-state index >= 15 is 0 Å². The van der Waals surface area contributed by atoms with Gasteiger partial charge in [-0.15, -0.1) is 0 Å². The number of sulfone groups is 1. The molecule has 1 heterocycles. The second-order valence-electron chi connectivity index (χ2n) is 9.01. The SMILES string of the molecule is CC1(OC(=O)COCCN2CCS(=O)(=O)CC2)C2CC3CC(C2)CC1C3. The van der Waals surface area contributed by atoms with Crippen molar-refractivity contribution < 1.29 is 22.7 Å². The van der Waals surface area contributed by atoms with Crippen LogP contribution in [0.25, 0.3) is 0 Å². The fraction of sp³-hybridized carbons (Fsp3) is 0.947. The summed E-state index contributed by atoms with van der Waals surface area (Å²) in [6.07, 6.45) is 6.26. The maximum Gasteiger partial charge on any atom is 0.332 e. The van der Waals surface area contributed by atoms with Gasteiger partial charge in [-0.05, 0) is 62.7 Å². The molecule has 0 aromatic heterocycles. The summed E-state index contributed by atoms with van der Waals surface area (Å²) in [5.41, 5.74) is -0.297. The Morgan fingerprint density at radius 3 is 2.19 bits per heavy atom. The Morgan fingerprint density at radius 2 is 1.62 bits per heavy atom. The molecule has 5 fully saturated rings. The second kappa shape index (κ2) is 7.06. The van der Waals surface area contributed by atoms with E-state index in [4.69, 9.17) is 9.47 Å². The highest BCUT2D eigenvalue weighted by Crippen LogP contribution is 2.59. The van der Waals surface area contributed by atoms with Crippen molar-refractivity contribution in [2.24, 2.45) is 23.7 Å². The van der Waals surface area contributed by atoms with Crippen LogP contribution in [0.15, 0.2) is 0 Å². The molecule has 0 aromatic rings. The van der Waals surface area contributed by atoms with Crippen molar-refractivity contribution >= 4 is 15.8 Å². The highest BCUT2D eigenvalue weighted by Gasteiger charge is 2.56. The molecule has 6 nitrogen and oxygen atoms in total. The minimum Gasteiger partial charge on any atom is -0.457 e. The number of carbonyl (C=O) groups excluding carboxylic acids is 1. The van der Waals surface area contributed by atoms with Crippen molar-refractivity contribution in [3.05, 3.63) is 0 Å². The molecular weight excluding hydrogens is 354 g/mol. The lowest BCUT2D eigenvalue weighted by molar-refractivity contribution is -0.206. The molecular formula is C19H31NO5S. The standard InChI is InChI=1S/C19H31NO5S/c1-19(16-9-14-8-15(11-16)12-17(19)10-14)25-18(21)13-24-5-2-20-3-6-26(22,23)7-4-20/h14-17H,2-13H2,1H3. The predicted molar refractivity (Wildman–Crippen MR) is 97.5 cm³/mol. The number of nitrogens with zero attached hydrogens (tertiary/aromatic N) is 1. The molecule has 4 aliphatic carbocycles. The van der Waals surface area contributed by atoms with Crippen LogP contribution in [-0.4, -0.2) is 69.2 Å². The van der Waals surface area contributed by atoms with Gasteiger partial charge in [0.2, 0.25) is 0 Å². The Hall–Kier alpha value is -0.660. The summed E-state index contributed by atoms with van der Waals surface area (Å²) in [4.78, 5) is 14.4. The maximum absolute atomic E-state index is 12.3. The van der Waals surface area contributed by atoms with Crippen LogP contribution in [0.3, 0.4) is 0 Å². The number of carbonyl (C=O) groups is 1. The summed E-state index contributed by atoms with van der Waals surface area (Å²) < 4.78 is 34.3. The molecule has 0 aromatic carbocycles. The van der Waals surface area contributed by atoms with E-state index in [1.165, 1.54) is 32.1 Å². The van der Waals surface area contributed by atoms with Crippen LogP contribution in [0.4, 0.5) is 0 Å². The fourth-order valence-corrected chi connectivity index (χ4v) is 7.16. The van der Waals surface area contributed by atoms with Crippen LogP contribution in [0, 0.1) is 23.7 Å². The summed E-state index contributed by atoms with van der Waals surface area (Å²) in [6.45, 7) is 4.34. The Bertz CT molecular complexity index is 604. The van der Waals surface area contributed by atoms with Gasteiger partial charge in [-0.3, -0.25) is 4.90 Å². The van der Waals surface area contributed by atoms with Gasteiger partial charge in [0.25, 0.3) is 0 Å². The average molecular weight is 386 g/mol. The molecule has 7 heteroatoms. The summed E-state index contributed by atoms with van der Waals surface area (Å²) in [5.74, 6) is 2.95. The molecule has 0 spiro atoms. The first-order valence-corrected chi connectivity index (χ1v) is 11.9. The predicted octanol–water partition coefficient (Wildman–Crippen LogP) is 1.49. The van der Waals surface area contributed by atoms with Gasteiger partial charge < -0.3 is 9.47 Å². The topological polar surface area (TPSA) is 72.9 Å². The number of esters is 1. The van der Waals surface area contributed by atoms with E-state index in [1.807, 2.05) is 0 Å². The molecule has 0 atom stereocenters. The van der Waals surface area contributed by atoms with E-state index in [-0.39, 0.29) is 29.7 Å². The fourth-order valence-electron chi connectivity index (χ4n) is 5.88. The zero-order valence-corrected chi connectivity index (χ0v) is 16.5. The zero-order valence-electron chi connectivity index (χ0n) is 15.7. The third kappa shape index (κ3) is 3.80. The van der Waals surface area contributed by atoms with Gasteiger partial charge in [-0.25, -0.2) is 13.2 Å². The van der Waals surface area contributed by atoms with Crippen LogP contribution in [-0.2, 0) is 24.1 Å². The zero-order chi connectivity index (χ0) is 18.4. The molecule has 0 amide bonds. The van der Waals surface area contributed by atoms with Gasteiger partial charge in [-0.1, -0.05) is 0 Å². The normalized spacial score (nSPS) is 41.3. The van der Waals surface area contributed by atoms with Gasteiger partial charge in [-0.2, -0.15) is 0 Å². The molecule has 0 unspecified atom stereocenters. The highest BCUT2D eigenvalue weighted by molar-refractivity contribution is 7.91. The molecule has 1 saturated heterocycles. The van der Waals surface area contributed by atoms with Crippen LogP contribution >= 0.6 is 0 Å². The Balaban J connectivity index is 1.19. The van der Waals surface area contributed by atoms with E-state index in [0.717, 1.165) is 11.8 Å². The largest absolute Gasteiger partial charge is 0.457 e. The summed E-state index contributed by atoms with van der Waals surface area (Å²) >= 11 is 0. The first-order valence-electron chi connectivity index (χ1n) is 10.1. The van der Waals surface area contributed by atoms with E-state index in [2.05, 4.69) is 11.8 Å². The molecule has 5 rings (SSSR count). The number of rotatable bonds is 6. The van der Waals surface area contributed by atoms with Crippen molar-refractivity contribution in [1.29, 1.82) is 0 Å².